The van der Waals surface area contributed by atoms with Crippen LogP contribution < -0.4 is 10.2 Å². The van der Waals surface area contributed by atoms with Gasteiger partial charge in [-0.25, -0.2) is 0 Å². The molecule has 0 N–H and O–H groups in total. The van der Waals surface area contributed by atoms with Crippen LogP contribution in [0.25, 0.3) is 22.3 Å². The number of fused-ring (bicyclic) bond motifs is 1. The van der Waals surface area contributed by atoms with Gasteiger partial charge in [-0.1, -0.05) is 48.0 Å². The van der Waals surface area contributed by atoms with Gasteiger partial charge in [-0.3, -0.25) is 4.79 Å². The van der Waals surface area contributed by atoms with Gasteiger partial charge in [-0.05, 0) is 54.4 Å². The molecule has 4 heteroatoms. The maximum atomic E-state index is 13.1. The van der Waals surface area contributed by atoms with Crippen LogP contribution in [0.4, 0.5) is 0 Å². The van der Waals surface area contributed by atoms with Crippen molar-refractivity contribution in [2.24, 2.45) is 0 Å². The van der Waals surface area contributed by atoms with Crippen molar-refractivity contribution in [2.75, 3.05) is 0 Å². The van der Waals surface area contributed by atoms with Crippen LogP contribution in [-0.4, -0.2) is 0 Å². The molecule has 3 aromatic carbocycles. The van der Waals surface area contributed by atoms with E-state index in [9.17, 15) is 4.79 Å². The number of ether oxygens (including phenoxy) is 1. The van der Waals surface area contributed by atoms with E-state index in [-0.39, 0.29) is 17.8 Å². The third-order valence-corrected chi connectivity index (χ3v) is 4.75. The lowest BCUT2D eigenvalue weighted by molar-refractivity contribution is 0.297. The Bertz CT molecular complexity index is 1160. The first-order valence-corrected chi connectivity index (χ1v) is 9.00. The van der Waals surface area contributed by atoms with Crippen molar-refractivity contribution in [1.82, 2.24) is 0 Å². The Morgan fingerprint density at radius 2 is 1.63 bits per heavy atom. The fourth-order valence-electron chi connectivity index (χ4n) is 2.97. The van der Waals surface area contributed by atoms with Crippen LogP contribution in [0.3, 0.4) is 0 Å². The highest BCUT2D eigenvalue weighted by molar-refractivity contribution is 6.30. The van der Waals surface area contributed by atoms with Crippen molar-refractivity contribution in [3.8, 4) is 17.1 Å². The SMILES string of the molecule is Cc1ccccc1COc1c(-c2ccc(Cl)cc2)oc2ccccc2c1=O. The standard InChI is InChI=1S/C23H17ClO3/c1-15-6-2-3-7-17(15)14-26-23-21(25)19-8-4-5-9-20(19)27-22(23)16-10-12-18(24)13-11-16/h2-13H,14H2,1H3. The average Bonchev–Trinajstić information content (AvgIpc) is 2.69. The second-order valence-corrected chi connectivity index (χ2v) is 6.74. The van der Waals surface area contributed by atoms with Crippen molar-refractivity contribution in [1.29, 1.82) is 0 Å². The molecule has 4 aromatic rings. The van der Waals surface area contributed by atoms with Gasteiger partial charge in [-0.2, -0.15) is 0 Å². The molecular formula is C23H17ClO3. The summed E-state index contributed by atoms with van der Waals surface area (Å²) in [6.45, 7) is 2.30. The average molecular weight is 377 g/mol. The van der Waals surface area contributed by atoms with E-state index >= 15 is 0 Å². The molecule has 0 bridgehead atoms. The second kappa shape index (κ2) is 7.29. The van der Waals surface area contributed by atoms with Crippen LogP contribution in [0, 0.1) is 6.92 Å². The smallest absolute Gasteiger partial charge is 0.235 e. The molecule has 0 radical (unpaired) electrons. The van der Waals surface area contributed by atoms with E-state index in [1.165, 1.54) is 0 Å². The number of rotatable bonds is 4. The number of para-hydroxylation sites is 1. The lowest BCUT2D eigenvalue weighted by Crippen LogP contribution is -2.10. The third kappa shape index (κ3) is 3.46. The Morgan fingerprint density at radius 1 is 0.926 bits per heavy atom. The maximum Gasteiger partial charge on any atom is 0.235 e. The molecule has 0 amide bonds. The summed E-state index contributed by atoms with van der Waals surface area (Å²) in [5, 5.41) is 1.11. The van der Waals surface area contributed by atoms with Gasteiger partial charge in [0.25, 0.3) is 0 Å². The van der Waals surface area contributed by atoms with E-state index in [1.807, 2.05) is 55.5 Å². The summed E-state index contributed by atoms with van der Waals surface area (Å²) in [6.07, 6.45) is 0. The molecule has 0 aliphatic rings. The summed E-state index contributed by atoms with van der Waals surface area (Å²) in [4.78, 5) is 13.1. The number of benzene rings is 3. The number of hydrogen-bond donors (Lipinski definition) is 0. The molecule has 0 aliphatic heterocycles. The monoisotopic (exact) mass is 376 g/mol. The minimum absolute atomic E-state index is 0.185. The molecule has 3 nitrogen and oxygen atoms in total. The minimum Gasteiger partial charge on any atom is -0.481 e. The Morgan fingerprint density at radius 3 is 2.41 bits per heavy atom. The van der Waals surface area contributed by atoms with E-state index in [0.717, 1.165) is 16.7 Å². The van der Waals surface area contributed by atoms with Gasteiger partial charge >= 0.3 is 0 Å². The molecule has 1 heterocycles. The summed E-state index contributed by atoms with van der Waals surface area (Å²) < 4.78 is 12.0. The molecule has 27 heavy (non-hydrogen) atoms. The Balaban J connectivity index is 1.85. The van der Waals surface area contributed by atoms with Crippen molar-refractivity contribution in [3.05, 3.63) is 99.2 Å². The van der Waals surface area contributed by atoms with E-state index < -0.39 is 0 Å². The quantitative estimate of drug-likeness (QED) is 0.438. The first-order chi connectivity index (χ1) is 13.1. The number of hydrogen-bond acceptors (Lipinski definition) is 3. The highest BCUT2D eigenvalue weighted by atomic mass is 35.5. The molecule has 0 saturated heterocycles. The summed E-state index contributed by atoms with van der Waals surface area (Å²) in [6, 6.07) is 22.3. The Kier molecular flexibility index (Phi) is 4.69. The largest absolute Gasteiger partial charge is 0.481 e. The van der Waals surface area contributed by atoms with Crippen LogP contribution in [-0.2, 0) is 6.61 Å². The van der Waals surface area contributed by atoms with Crippen LogP contribution in [0.15, 0.2) is 82.0 Å². The van der Waals surface area contributed by atoms with Crippen LogP contribution in [0.1, 0.15) is 11.1 Å². The molecule has 4 rings (SSSR count). The molecule has 0 unspecified atom stereocenters. The van der Waals surface area contributed by atoms with Gasteiger partial charge < -0.3 is 9.15 Å². The van der Waals surface area contributed by atoms with Gasteiger partial charge in [0.1, 0.15) is 12.2 Å². The Hall–Kier alpha value is -3.04. The summed E-state index contributed by atoms with van der Waals surface area (Å²) in [5.74, 6) is 0.614. The van der Waals surface area contributed by atoms with Crippen molar-refractivity contribution in [2.45, 2.75) is 13.5 Å². The predicted molar refractivity (Wildman–Crippen MR) is 108 cm³/mol. The van der Waals surface area contributed by atoms with Gasteiger partial charge in [-0.15, -0.1) is 0 Å². The van der Waals surface area contributed by atoms with Crippen LogP contribution in [0.2, 0.25) is 5.02 Å². The topological polar surface area (TPSA) is 39.4 Å². The van der Waals surface area contributed by atoms with E-state index in [0.29, 0.717) is 21.8 Å². The lowest BCUT2D eigenvalue weighted by Gasteiger charge is -2.13. The van der Waals surface area contributed by atoms with Gasteiger partial charge in [0.2, 0.25) is 11.2 Å². The van der Waals surface area contributed by atoms with Crippen LogP contribution >= 0.6 is 11.6 Å². The summed E-state index contributed by atoms with van der Waals surface area (Å²) in [5.41, 5.74) is 3.20. The van der Waals surface area contributed by atoms with E-state index in [2.05, 4.69) is 0 Å². The minimum atomic E-state index is -0.185. The highest BCUT2D eigenvalue weighted by Gasteiger charge is 2.18. The Labute approximate surface area is 161 Å². The van der Waals surface area contributed by atoms with Gasteiger partial charge in [0.15, 0.2) is 5.76 Å². The molecular weight excluding hydrogens is 360 g/mol. The van der Waals surface area contributed by atoms with Crippen molar-refractivity contribution < 1.29 is 9.15 Å². The fourth-order valence-corrected chi connectivity index (χ4v) is 3.10. The first kappa shape index (κ1) is 17.4. The molecule has 0 fully saturated rings. The predicted octanol–water partition coefficient (Wildman–Crippen LogP) is 6.00. The molecule has 0 atom stereocenters. The van der Waals surface area contributed by atoms with Gasteiger partial charge in [0.05, 0.1) is 5.39 Å². The van der Waals surface area contributed by atoms with E-state index in [4.69, 9.17) is 20.8 Å². The number of aryl methyl sites for hydroxylation is 1. The normalized spacial score (nSPS) is 10.9. The van der Waals surface area contributed by atoms with Crippen molar-refractivity contribution in [3.63, 3.8) is 0 Å². The third-order valence-electron chi connectivity index (χ3n) is 4.50. The summed E-state index contributed by atoms with van der Waals surface area (Å²) >= 11 is 6.00. The fraction of sp³-hybridized carbons (Fsp3) is 0.0870. The lowest BCUT2D eigenvalue weighted by atomic mass is 10.1. The molecule has 1 aromatic heterocycles. The summed E-state index contributed by atoms with van der Waals surface area (Å²) in [7, 11) is 0. The van der Waals surface area contributed by atoms with Crippen molar-refractivity contribution >= 4 is 22.6 Å². The first-order valence-electron chi connectivity index (χ1n) is 8.62. The van der Waals surface area contributed by atoms with Gasteiger partial charge in [0, 0.05) is 10.6 Å². The molecule has 0 saturated carbocycles. The van der Waals surface area contributed by atoms with E-state index in [1.54, 1.807) is 24.3 Å². The molecule has 0 aliphatic carbocycles. The highest BCUT2D eigenvalue weighted by Crippen LogP contribution is 2.32. The zero-order valence-electron chi connectivity index (χ0n) is 14.7. The van der Waals surface area contributed by atoms with Crippen LogP contribution in [0.5, 0.6) is 5.75 Å². The maximum absolute atomic E-state index is 13.1. The number of halogens is 1. The molecule has 0 spiro atoms. The second-order valence-electron chi connectivity index (χ2n) is 6.31. The zero-order chi connectivity index (χ0) is 18.8. The molecule has 134 valence electrons. The zero-order valence-corrected chi connectivity index (χ0v) is 15.5.